The second-order valence-corrected chi connectivity index (χ2v) is 24.1. The van der Waals surface area contributed by atoms with E-state index in [1.54, 1.807) is 6.08 Å². The molecule has 2 aromatic rings. The number of carbonyl (C=O) groups is 2. The van der Waals surface area contributed by atoms with Gasteiger partial charge in [0.25, 0.3) is 0 Å². The molecule has 332 valence electrons. The van der Waals surface area contributed by atoms with Gasteiger partial charge in [0.1, 0.15) is 24.7 Å². The van der Waals surface area contributed by atoms with E-state index in [1.807, 2.05) is 68.5 Å². The van der Waals surface area contributed by atoms with Crippen LogP contribution in [0.5, 0.6) is 0 Å². The second-order valence-electron chi connectivity index (χ2n) is 19.4. The number of nitrogens with zero attached hydrogens (tertiary/aromatic N) is 2. The lowest BCUT2D eigenvalue weighted by molar-refractivity contribution is -0.0420. The first kappa shape index (κ1) is 49.1. The van der Waals surface area contributed by atoms with Crippen molar-refractivity contribution in [3.8, 4) is 0 Å². The fraction of sp³-hybridized carbons (Fsp3) is 0.529. The molecule has 0 N–H and O–H groups in total. The van der Waals surface area contributed by atoms with E-state index in [0.29, 0.717) is 42.9 Å². The van der Waals surface area contributed by atoms with Crippen LogP contribution in [0, 0.1) is 34.5 Å². The summed E-state index contributed by atoms with van der Waals surface area (Å²) < 4.78 is 30.9. The molecule has 2 aliphatic rings. The third-order valence-electron chi connectivity index (χ3n) is 12.7. The zero-order valence-corrected chi connectivity index (χ0v) is 40.0. The molecule has 4 bridgehead atoms. The molecular formula is C51H72N2O7Si. The summed E-state index contributed by atoms with van der Waals surface area (Å²) in [6.07, 6.45) is 36.4. The number of hydrogen-bond acceptors (Lipinski definition) is 9. The molecule has 0 saturated heterocycles. The lowest BCUT2D eigenvalue weighted by Gasteiger charge is -2.45. The van der Waals surface area contributed by atoms with Gasteiger partial charge in [0.15, 0.2) is 25.6 Å². The summed E-state index contributed by atoms with van der Waals surface area (Å²) in [5.41, 5.74) is -0.652. The molecule has 2 aromatic heterocycles. The molecule has 9 nitrogen and oxygen atoms in total. The van der Waals surface area contributed by atoms with Gasteiger partial charge in [-0.05, 0) is 62.1 Å². The maximum atomic E-state index is 13.8. The van der Waals surface area contributed by atoms with E-state index >= 15 is 0 Å². The van der Waals surface area contributed by atoms with E-state index in [-0.39, 0.29) is 39.8 Å². The Kier molecular flexibility index (Phi) is 17.3. The van der Waals surface area contributed by atoms with E-state index < -0.39 is 37.9 Å². The minimum atomic E-state index is -2.19. The summed E-state index contributed by atoms with van der Waals surface area (Å²) in [5.74, 6) is 0.755. The Morgan fingerprint density at radius 3 is 2.00 bits per heavy atom. The van der Waals surface area contributed by atoms with E-state index in [1.165, 1.54) is 12.5 Å². The third kappa shape index (κ3) is 14.0. The van der Waals surface area contributed by atoms with Crippen LogP contribution < -0.4 is 0 Å². The molecule has 0 amide bonds. The quantitative estimate of drug-likeness (QED) is 0.145. The van der Waals surface area contributed by atoms with Crippen LogP contribution in [0.25, 0.3) is 6.08 Å². The van der Waals surface area contributed by atoms with Crippen molar-refractivity contribution in [3.05, 3.63) is 127 Å². The van der Waals surface area contributed by atoms with Gasteiger partial charge in [0, 0.05) is 36.2 Å². The maximum Gasteiger partial charge on any atom is 0.360 e. The van der Waals surface area contributed by atoms with Crippen molar-refractivity contribution in [2.75, 3.05) is 0 Å². The van der Waals surface area contributed by atoms with Gasteiger partial charge in [-0.2, -0.15) is 0 Å². The van der Waals surface area contributed by atoms with Gasteiger partial charge in [-0.15, -0.1) is 0 Å². The summed E-state index contributed by atoms with van der Waals surface area (Å²) >= 11 is 0. The number of oxazole rings is 2. The van der Waals surface area contributed by atoms with Crippen molar-refractivity contribution in [2.24, 2.45) is 34.5 Å². The third-order valence-corrected chi connectivity index (χ3v) is 17.2. The molecule has 1 saturated carbocycles. The minimum Gasteiger partial charge on any atom is -0.457 e. The molecule has 0 spiro atoms. The molecule has 3 heterocycles. The van der Waals surface area contributed by atoms with Gasteiger partial charge in [-0.3, -0.25) is 0 Å². The summed E-state index contributed by atoms with van der Waals surface area (Å²) in [5, 5.41) is 0.000243. The largest absolute Gasteiger partial charge is 0.457 e. The van der Waals surface area contributed by atoms with Crippen LogP contribution in [-0.4, -0.2) is 48.5 Å². The van der Waals surface area contributed by atoms with Crippen molar-refractivity contribution in [1.82, 2.24) is 9.97 Å². The van der Waals surface area contributed by atoms with Crippen molar-refractivity contribution < 1.29 is 32.3 Å². The van der Waals surface area contributed by atoms with Crippen molar-refractivity contribution in [3.63, 3.8) is 0 Å². The van der Waals surface area contributed by atoms with Gasteiger partial charge in [-0.1, -0.05) is 153 Å². The van der Waals surface area contributed by atoms with Crippen LogP contribution in [0.1, 0.15) is 128 Å². The van der Waals surface area contributed by atoms with Gasteiger partial charge in [0.2, 0.25) is 5.89 Å². The van der Waals surface area contributed by atoms with E-state index in [4.69, 9.17) is 22.7 Å². The predicted octanol–water partition coefficient (Wildman–Crippen LogP) is 13.0. The van der Waals surface area contributed by atoms with Crippen LogP contribution in [0.3, 0.4) is 0 Å². The number of fused-ring (bicyclic) bond motifs is 5. The molecule has 4 rings (SSSR count). The van der Waals surface area contributed by atoms with E-state index in [2.05, 4.69) is 122 Å². The van der Waals surface area contributed by atoms with Gasteiger partial charge in [0.05, 0.1) is 6.10 Å². The number of cyclic esters (lactones) is 2. The molecule has 0 aromatic carbocycles. The Labute approximate surface area is 367 Å². The second kappa shape index (κ2) is 21.5. The van der Waals surface area contributed by atoms with Crippen LogP contribution in [-0.2, 0) is 20.3 Å². The maximum absolute atomic E-state index is 13.8. The highest BCUT2D eigenvalue weighted by molar-refractivity contribution is 6.74. The molecule has 1 aliphatic heterocycles. The van der Waals surface area contributed by atoms with Crippen LogP contribution in [0.2, 0.25) is 18.1 Å². The highest BCUT2D eigenvalue weighted by Gasteiger charge is 2.46. The lowest BCUT2D eigenvalue weighted by Crippen LogP contribution is -2.51. The topological polar surface area (TPSA) is 114 Å². The Morgan fingerprint density at radius 1 is 0.738 bits per heavy atom. The Morgan fingerprint density at radius 2 is 1.33 bits per heavy atom. The Bertz CT molecular complexity index is 2000. The summed E-state index contributed by atoms with van der Waals surface area (Å²) in [6.45, 7) is 27.9. The Balaban J connectivity index is 1.61. The molecule has 0 radical (unpaired) electrons. The first-order valence-corrected chi connectivity index (χ1v) is 24.9. The molecule has 7 atom stereocenters. The van der Waals surface area contributed by atoms with E-state index in [9.17, 15) is 9.59 Å². The van der Waals surface area contributed by atoms with Crippen molar-refractivity contribution >= 4 is 26.3 Å². The molecule has 61 heavy (non-hydrogen) atoms. The van der Waals surface area contributed by atoms with Gasteiger partial charge >= 0.3 is 11.9 Å². The molecule has 0 unspecified atom stereocenters. The number of hydrogen-bond donors (Lipinski definition) is 0. The highest BCUT2D eigenvalue weighted by Crippen LogP contribution is 2.44. The van der Waals surface area contributed by atoms with Gasteiger partial charge < -0.3 is 22.7 Å². The monoisotopic (exact) mass is 853 g/mol. The van der Waals surface area contributed by atoms with Crippen LogP contribution in [0.15, 0.2) is 113 Å². The number of aromatic nitrogens is 2. The first-order valence-electron chi connectivity index (χ1n) is 22.0. The number of esters is 2. The smallest absolute Gasteiger partial charge is 0.360 e. The standard InChI is InChI=1S/C51H72N2O7Si/c1-14-24-37(4)50(8,9)42-29-20-18-16-17-19-26-36(3)32-46-53-41(35-57-46)48(55)59-43(51(10,11)44(25-15-2)60-61(12,13)49(5,6)7)30-23-28-39-33-38(39)27-21-22-31-45-52-40(34-56-45)47(54)58-42/h14-28,31,34-39,42-44H,29-30,32-33H2,1-13H3/b17-16-,20-18-,24-14+,25-15+,26-19+,27-21+,28-23-,31-22-/t36-,37-,38+,39-,42-,43-,44-/m0/s1. The van der Waals surface area contributed by atoms with Crippen LogP contribution >= 0.6 is 0 Å². The van der Waals surface area contributed by atoms with Gasteiger partial charge in [-0.25, -0.2) is 19.6 Å². The lowest BCUT2D eigenvalue weighted by atomic mass is 9.74. The van der Waals surface area contributed by atoms with Crippen LogP contribution in [0.4, 0.5) is 0 Å². The number of ether oxygens (including phenoxy) is 2. The summed E-state index contributed by atoms with van der Waals surface area (Å²) in [6, 6.07) is 0. The molecule has 1 fully saturated rings. The minimum absolute atomic E-state index is 0.000243. The normalized spacial score (nSPS) is 27.3. The number of rotatable bonds is 8. The zero-order chi connectivity index (χ0) is 45.0. The zero-order valence-electron chi connectivity index (χ0n) is 39.0. The Hall–Kier alpha value is -4.54. The fourth-order valence-corrected chi connectivity index (χ4v) is 8.24. The number of carbonyl (C=O) groups excluding carboxylic acids is 2. The van der Waals surface area contributed by atoms with Crippen molar-refractivity contribution in [2.45, 2.75) is 138 Å². The first-order chi connectivity index (χ1) is 28.7. The fourth-order valence-electron chi connectivity index (χ4n) is 6.87. The number of allylic oxidation sites excluding steroid dienone is 12. The molecule has 10 heteroatoms. The molecule has 1 aliphatic carbocycles. The summed E-state index contributed by atoms with van der Waals surface area (Å²) in [7, 11) is -2.19. The average Bonchev–Trinajstić information content (AvgIpc) is 3.49. The summed E-state index contributed by atoms with van der Waals surface area (Å²) in [4.78, 5) is 36.2. The predicted molar refractivity (Wildman–Crippen MR) is 248 cm³/mol. The average molecular weight is 853 g/mol. The van der Waals surface area contributed by atoms with E-state index in [0.717, 1.165) is 6.42 Å². The highest BCUT2D eigenvalue weighted by atomic mass is 28.4. The van der Waals surface area contributed by atoms with Crippen molar-refractivity contribution in [1.29, 1.82) is 0 Å². The molecular weight excluding hydrogens is 781 g/mol. The SMILES string of the molecule is C/C=C/[C@H](O[Si](C)(C)C(C)(C)C)C(C)(C)[C@@H]1C/C=C\[C@H]2C[C@H]2/C=C/C=C\c2nc(co2)C(=O)O[C@H](C(C)(C)[C@@H](C)/C=C/C)C\C=C/C=C\C=C\[C@H](C)Cc2nc(co2)C(=O)O1.